The van der Waals surface area contributed by atoms with Gasteiger partial charge in [0.1, 0.15) is 23.9 Å². The minimum Gasteiger partial charge on any atom is -0.496 e. The van der Waals surface area contributed by atoms with Gasteiger partial charge in [0.25, 0.3) is 0 Å². The smallest absolute Gasteiger partial charge is 0.130 e. The lowest BCUT2D eigenvalue weighted by Crippen LogP contribution is -2.25. The summed E-state index contributed by atoms with van der Waals surface area (Å²) in [4.78, 5) is 0. The van der Waals surface area contributed by atoms with Gasteiger partial charge in [-0.15, -0.1) is 0 Å². The zero-order valence-electron chi connectivity index (χ0n) is 13.8. The molecule has 1 atom stereocenters. The van der Waals surface area contributed by atoms with Gasteiger partial charge in [0.15, 0.2) is 0 Å². The van der Waals surface area contributed by atoms with E-state index in [1.165, 1.54) is 12.1 Å². The van der Waals surface area contributed by atoms with E-state index < -0.39 is 20.2 Å². The molecule has 1 aliphatic heterocycles. The van der Waals surface area contributed by atoms with Gasteiger partial charge in [-0.25, -0.2) is 0 Å². The number of hydrogen-bond acceptors (Lipinski definition) is 4. The van der Waals surface area contributed by atoms with Crippen molar-refractivity contribution in [3.63, 3.8) is 0 Å². The topological polar surface area (TPSA) is 47.9 Å². The van der Waals surface area contributed by atoms with Crippen molar-refractivity contribution in [2.24, 2.45) is 0 Å². The Kier molecular flexibility index (Phi) is 1.35. The number of fused-ring (bicyclic) bond motifs is 1. The zero-order chi connectivity index (χ0) is 15.8. The highest BCUT2D eigenvalue weighted by Gasteiger charge is 2.22. The fourth-order valence-electron chi connectivity index (χ4n) is 1.56. The van der Waals surface area contributed by atoms with Crippen LogP contribution in [0.3, 0.4) is 0 Å². The molecule has 4 heteroatoms. The minimum absolute atomic E-state index is 0.0252. The molecule has 15 heavy (non-hydrogen) atoms. The van der Waals surface area contributed by atoms with E-state index in [2.05, 4.69) is 0 Å². The van der Waals surface area contributed by atoms with E-state index in [0.717, 1.165) is 0 Å². The molecule has 4 nitrogen and oxygen atoms in total. The van der Waals surface area contributed by atoms with Crippen LogP contribution in [0.2, 0.25) is 0 Å². The molecular weight excluding hydrogens is 196 g/mol. The van der Waals surface area contributed by atoms with E-state index in [-0.39, 0.29) is 30.3 Å². The minimum atomic E-state index is -2.71. The second kappa shape index (κ2) is 3.98. The van der Waals surface area contributed by atoms with Gasteiger partial charge < -0.3 is 19.3 Å². The summed E-state index contributed by atoms with van der Waals surface area (Å²) in [5, 5.41) is 9.59. The van der Waals surface area contributed by atoms with Crippen LogP contribution < -0.4 is 14.2 Å². The summed E-state index contributed by atoms with van der Waals surface area (Å²) in [6.45, 7) is 0.0252. The van der Waals surface area contributed by atoms with E-state index in [9.17, 15) is 5.11 Å². The van der Waals surface area contributed by atoms with E-state index in [0.29, 0.717) is 5.56 Å². The second-order valence-corrected chi connectivity index (χ2v) is 3.27. The number of ether oxygens (including phenoxy) is 3. The molecule has 0 aliphatic carbocycles. The fraction of sp³-hybridized carbons (Fsp3) is 0.455. The van der Waals surface area contributed by atoms with Gasteiger partial charge in [0, 0.05) is 24.1 Å². The lowest BCUT2D eigenvalue weighted by atomic mass is 10.0. The number of hydrogen-bond donors (Lipinski definition) is 1. The Morgan fingerprint density at radius 3 is 3.13 bits per heavy atom. The van der Waals surface area contributed by atoms with Crippen LogP contribution in [-0.2, 0) is 6.42 Å². The highest BCUT2D eigenvalue weighted by atomic mass is 16.5. The van der Waals surface area contributed by atoms with Crippen molar-refractivity contribution in [1.29, 1.82) is 0 Å². The normalized spacial score (nSPS) is 26.6. The molecule has 1 heterocycles. The maximum atomic E-state index is 9.59. The highest BCUT2D eigenvalue weighted by molar-refractivity contribution is 5.51. The number of benzene rings is 1. The van der Waals surface area contributed by atoms with E-state index in [1.54, 1.807) is 0 Å². The Hall–Kier alpha value is -1.42. The van der Waals surface area contributed by atoms with Crippen molar-refractivity contribution in [1.82, 2.24) is 0 Å². The molecule has 1 N–H and O–H groups in total. The maximum absolute atomic E-state index is 9.59. The first-order valence-electron chi connectivity index (χ1n) is 7.39. The molecule has 0 radical (unpaired) electrons. The first kappa shape index (κ1) is 5.07. The van der Waals surface area contributed by atoms with Crippen molar-refractivity contribution in [3.05, 3.63) is 17.7 Å². The lowest BCUT2D eigenvalue weighted by molar-refractivity contribution is 0.0906. The van der Waals surface area contributed by atoms with Gasteiger partial charge in [0.2, 0.25) is 0 Å². The zero-order valence-corrected chi connectivity index (χ0v) is 7.82. The van der Waals surface area contributed by atoms with Gasteiger partial charge in [-0.3, -0.25) is 0 Å². The van der Waals surface area contributed by atoms with Crippen LogP contribution in [0.4, 0.5) is 0 Å². The summed E-state index contributed by atoms with van der Waals surface area (Å²) in [5.74, 6) is 0.0520. The summed E-state index contributed by atoms with van der Waals surface area (Å²) in [7, 11) is -5.39. The molecule has 0 spiro atoms. The average Bonchev–Trinajstić information content (AvgIpc) is 2.25. The Morgan fingerprint density at radius 1 is 1.47 bits per heavy atom. The molecule has 1 unspecified atom stereocenters. The largest absolute Gasteiger partial charge is 0.496 e. The first-order valence-corrected chi connectivity index (χ1v) is 4.39. The van der Waals surface area contributed by atoms with Crippen LogP contribution >= 0.6 is 0 Å². The first-order chi connectivity index (χ1) is 9.53. The van der Waals surface area contributed by atoms with Gasteiger partial charge >= 0.3 is 0 Å². The van der Waals surface area contributed by atoms with Crippen LogP contribution in [-0.4, -0.2) is 31.9 Å². The highest BCUT2D eigenvalue weighted by Crippen LogP contribution is 2.37. The van der Waals surface area contributed by atoms with Crippen molar-refractivity contribution in [2.75, 3.05) is 20.7 Å². The van der Waals surface area contributed by atoms with Gasteiger partial charge in [-0.2, -0.15) is 0 Å². The molecule has 0 saturated carbocycles. The van der Waals surface area contributed by atoms with Gasteiger partial charge in [-0.1, -0.05) is 0 Å². The molecule has 82 valence electrons. The Balaban J connectivity index is 2.41. The van der Waals surface area contributed by atoms with Crippen molar-refractivity contribution in [2.45, 2.75) is 12.5 Å². The predicted octanol–water partition coefficient (Wildman–Crippen LogP) is 1.000. The van der Waals surface area contributed by atoms with E-state index >= 15 is 0 Å². The maximum Gasteiger partial charge on any atom is 0.130 e. The summed E-state index contributed by atoms with van der Waals surface area (Å²) >= 11 is 0. The average molecular weight is 216 g/mol. The summed E-state index contributed by atoms with van der Waals surface area (Å²) in [6, 6.07) is 2.50. The van der Waals surface area contributed by atoms with Gasteiger partial charge in [-0.05, 0) is 0 Å². The summed E-state index contributed by atoms with van der Waals surface area (Å²) < 4.78 is 57.5. The Labute approximate surface area is 96.8 Å². The standard InChI is InChI=1S/C11H14O4/c1-13-8-4-10(14-2)9-3-7(12)6-15-11(9)5-8/h4-5,7,12H,3,6H2,1-2H3/i1D3,2D3. The van der Waals surface area contributed by atoms with E-state index in [4.69, 9.17) is 22.4 Å². The third kappa shape index (κ3) is 1.85. The molecule has 0 bridgehead atoms. The van der Waals surface area contributed by atoms with Gasteiger partial charge in [0.05, 0.1) is 28.4 Å². The predicted molar refractivity (Wildman–Crippen MR) is 54.8 cm³/mol. The molecule has 1 aromatic rings. The SMILES string of the molecule is [2H]C([2H])([2H])Oc1cc2c(c(OC([2H])([2H])[2H])c1)CC(O)CO2. The summed E-state index contributed by atoms with van der Waals surface area (Å²) in [5.41, 5.74) is 0.364. The number of aliphatic hydroxyl groups excluding tert-OH is 1. The molecule has 2 rings (SSSR count). The van der Waals surface area contributed by atoms with Crippen molar-refractivity contribution in [3.8, 4) is 17.2 Å². The second-order valence-electron chi connectivity index (χ2n) is 3.27. The third-order valence-electron chi connectivity index (χ3n) is 2.24. The van der Waals surface area contributed by atoms with Crippen LogP contribution in [0.1, 0.15) is 13.8 Å². The molecule has 1 aliphatic rings. The van der Waals surface area contributed by atoms with Crippen molar-refractivity contribution >= 4 is 0 Å². The molecule has 0 aromatic heterocycles. The quantitative estimate of drug-likeness (QED) is 0.801. The van der Waals surface area contributed by atoms with E-state index in [1.807, 2.05) is 0 Å². The monoisotopic (exact) mass is 216 g/mol. The van der Waals surface area contributed by atoms with Crippen LogP contribution in [0.15, 0.2) is 12.1 Å². The number of aliphatic hydroxyl groups is 1. The van der Waals surface area contributed by atoms with Crippen LogP contribution in [0.25, 0.3) is 0 Å². The fourth-order valence-corrected chi connectivity index (χ4v) is 1.56. The Bertz CT molecular complexity index is 525. The molecule has 0 saturated heterocycles. The number of methoxy groups -OCH3 is 2. The number of rotatable bonds is 2. The van der Waals surface area contributed by atoms with Crippen LogP contribution in [0, 0.1) is 0 Å². The molecule has 0 amide bonds. The van der Waals surface area contributed by atoms with Crippen LogP contribution in [0.5, 0.6) is 17.2 Å². The van der Waals surface area contributed by atoms with Crippen molar-refractivity contribution < 1.29 is 27.5 Å². The third-order valence-corrected chi connectivity index (χ3v) is 2.24. The summed E-state index contributed by atoms with van der Waals surface area (Å²) in [6.07, 6.45) is -0.639. The molecular formula is C11H14O4. The lowest BCUT2D eigenvalue weighted by Gasteiger charge is -2.24. The molecule has 1 aromatic carbocycles. The molecule has 0 fully saturated rings. The Morgan fingerprint density at radius 2 is 2.33 bits per heavy atom.